The van der Waals surface area contributed by atoms with Gasteiger partial charge in [-0.15, -0.1) is 0 Å². The van der Waals surface area contributed by atoms with Crippen molar-refractivity contribution in [3.63, 3.8) is 0 Å². The van der Waals surface area contributed by atoms with Crippen molar-refractivity contribution >= 4 is 74.7 Å². The highest BCUT2D eigenvalue weighted by Crippen LogP contribution is 2.34. The summed E-state index contributed by atoms with van der Waals surface area (Å²) in [6.07, 6.45) is 0. The van der Waals surface area contributed by atoms with E-state index in [1.807, 2.05) is 6.07 Å². The molecule has 0 saturated carbocycles. The zero-order chi connectivity index (χ0) is 21.4. The van der Waals surface area contributed by atoms with Gasteiger partial charge < -0.3 is 10.3 Å². The monoisotopic (exact) mass is 476 g/mol. The number of halogens is 4. The van der Waals surface area contributed by atoms with Gasteiger partial charge in [0.15, 0.2) is 0 Å². The first-order valence-electron chi connectivity index (χ1n) is 8.72. The molecule has 1 amide bonds. The van der Waals surface area contributed by atoms with Gasteiger partial charge in [0.05, 0.1) is 21.3 Å². The first kappa shape index (κ1) is 20.8. The average Bonchev–Trinajstić information content (AvgIpc) is 3.04. The summed E-state index contributed by atoms with van der Waals surface area (Å²) in [6, 6.07) is 16.6. The molecule has 4 rings (SSSR count). The fourth-order valence-corrected chi connectivity index (χ4v) is 4.30. The van der Waals surface area contributed by atoms with Gasteiger partial charge in [-0.25, -0.2) is 0 Å². The van der Waals surface area contributed by atoms with Crippen LogP contribution in [0.4, 0.5) is 5.69 Å². The predicted molar refractivity (Wildman–Crippen MR) is 123 cm³/mol. The van der Waals surface area contributed by atoms with E-state index in [1.54, 1.807) is 42.5 Å². The van der Waals surface area contributed by atoms with E-state index in [0.717, 1.165) is 0 Å². The number of fused-ring (bicyclic) bond motifs is 1. The van der Waals surface area contributed by atoms with Crippen molar-refractivity contribution in [3.8, 4) is 0 Å². The normalized spacial score (nSPS) is 10.9. The lowest BCUT2D eigenvalue weighted by molar-refractivity contribution is 0.102. The van der Waals surface area contributed by atoms with Gasteiger partial charge in [-0.05, 0) is 30.3 Å². The third-order valence-electron chi connectivity index (χ3n) is 4.50. The Balaban J connectivity index is 1.83. The summed E-state index contributed by atoms with van der Waals surface area (Å²) in [5, 5.41) is 4.39. The maximum atomic E-state index is 13.1. The highest BCUT2D eigenvalue weighted by molar-refractivity contribution is 6.43. The van der Waals surface area contributed by atoms with E-state index in [1.165, 1.54) is 12.1 Å². The predicted octanol–water partition coefficient (Wildman–Crippen LogP) is 7.26. The van der Waals surface area contributed by atoms with Crippen LogP contribution in [0.5, 0.6) is 0 Å². The molecule has 150 valence electrons. The standard InChI is InChI=1S/C22H12Cl4N2O2/c23-12-6-7-14-17(10-12)27-20(21(29)11-4-2-1-3-5-11)19(14)28-22(30)18-15(25)8-13(24)9-16(18)26/h1-10,27H,(H,28,30). The van der Waals surface area contributed by atoms with Crippen LogP contribution in [0.1, 0.15) is 26.4 Å². The van der Waals surface area contributed by atoms with E-state index in [4.69, 9.17) is 46.4 Å². The molecule has 3 aromatic carbocycles. The van der Waals surface area contributed by atoms with Crippen LogP contribution in [0, 0.1) is 0 Å². The Bertz CT molecular complexity index is 1280. The molecule has 4 nitrogen and oxygen atoms in total. The van der Waals surface area contributed by atoms with E-state index in [-0.39, 0.29) is 27.1 Å². The average molecular weight is 478 g/mol. The number of aromatic nitrogens is 1. The number of ketones is 1. The number of rotatable bonds is 4. The lowest BCUT2D eigenvalue weighted by Gasteiger charge is -2.10. The number of hydrogen-bond acceptors (Lipinski definition) is 2. The van der Waals surface area contributed by atoms with Crippen molar-refractivity contribution in [2.75, 3.05) is 5.32 Å². The first-order chi connectivity index (χ1) is 14.3. The number of benzene rings is 3. The van der Waals surface area contributed by atoms with Gasteiger partial charge in [0.25, 0.3) is 5.91 Å². The van der Waals surface area contributed by atoms with Crippen molar-refractivity contribution in [3.05, 3.63) is 97.6 Å². The molecule has 0 aliphatic rings. The van der Waals surface area contributed by atoms with Crippen molar-refractivity contribution in [2.24, 2.45) is 0 Å². The Labute approximate surface area is 191 Å². The van der Waals surface area contributed by atoms with Crippen LogP contribution in [-0.4, -0.2) is 16.7 Å². The quantitative estimate of drug-likeness (QED) is 0.303. The van der Waals surface area contributed by atoms with Crippen LogP contribution in [-0.2, 0) is 0 Å². The summed E-state index contributed by atoms with van der Waals surface area (Å²) in [5.74, 6) is -0.855. The first-order valence-corrected chi connectivity index (χ1v) is 10.2. The number of carbonyl (C=O) groups is 2. The molecule has 0 aliphatic heterocycles. The zero-order valence-electron chi connectivity index (χ0n) is 15.1. The topological polar surface area (TPSA) is 62.0 Å². The number of H-pyrrole nitrogens is 1. The second kappa shape index (κ2) is 8.32. The molecule has 0 atom stereocenters. The van der Waals surface area contributed by atoms with Crippen LogP contribution in [0.25, 0.3) is 10.9 Å². The van der Waals surface area contributed by atoms with E-state index in [0.29, 0.717) is 32.2 Å². The summed E-state index contributed by atoms with van der Waals surface area (Å²) >= 11 is 24.4. The minimum Gasteiger partial charge on any atom is -0.350 e. The molecular weight excluding hydrogens is 466 g/mol. The molecule has 0 bridgehead atoms. The molecule has 0 spiro atoms. The number of aromatic amines is 1. The van der Waals surface area contributed by atoms with E-state index in [2.05, 4.69) is 10.3 Å². The Morgan fingerprint density at radius 2 is 1.47 bits per heavy atom. The Morgan fingerprint density at radius 3 is 2.13 bits per heavy atom. The van der Waals surface area contributed by atoms with Crippen LogP contribution >= 0.6 is 46.4 Å². The highest BCUT2D eigenvalue weighted by Gasteiger charge is 2.23. The van der Waals surface area contributed by atoms with Crippen LogP contribution < -0.4 is 5.32 Å². The number of amides is 1. The van der Waals surface area contributed by atoms with Crippen LogP contribution in [0.15, 0.2) is 60.7 Å². The molecule has 0 fully saturated rings. The summed E-state index contributed by atoms with van der Waals surface area (Å²) in [6.45, 7) is 0. The van der Waals surface area contributed by atoms with E-state index < -0.39 is 5.91 Å². The summed E-state index contributed by atoms with van der Waals surface area (Å²) in [5.41, 5.74) is 1.65. The molecule has 0 saturated heterocycles. The number of carbonyl (C=O) groups excluding carboxylic acids is 2. The van der Waals surface area contributed by atoms with Crippen LogP contribution in [0.3, 0.4) is 0 Å². The van der Waals surface area contributed by atoms with Gasteiger partial charge >= 0.3 is 0 Å². The summed E-state index contributed by atoms with van der Waals surface area (Å²) in [4.78, 5) is 29.2. The lowest BCUT2D eigenvalue weighted by atomic mass is 10.1. The molecule has 0 aliphatic carbocycles. The third kappa shape index (κ3) is 3.92. The van der Waals surface area contributed by atoms with Gasteiger partial charge in [-0.1, -0.05) is 76.7 Å². The molecule has 2 N–H and O–H groups in total. The smallest absolute Gasteiger partial charge is 0.258 e. The number of nitrogens with one attached hydrogen (secondary N) is 2. The fraction of sp³-hybridized carbons (Fsp3) is 0. The molecule has 8 heteroatoms. The highest BCUT2D eigenvalue weighted by atomic mass is 35.5. The van der Waals surface area contributed by atoms with Gasteiger partial charge in [0, 0.05) is 26.5 Å². The second-order valence-electron chi connectivity index (χ2n) is 6.46. The van der Waals surface area contributed by atoms with Gasteiger partial charge in [0.1, 0.15) is 5.69 Å². The second-order valence-corrected chi connectivity index (χ2v) is 8.15. The van der Waals surface area contributed by atoms with Gasteiger partial charge in [0.2, 0.25) is 5.78 Å². The zero-order valence-corrected chi connectivity index (χ0v) is 18.1. The fourth-order valence-electron chi connectivity index (χ4n) is 3.14. The molecule has 4 aromatic rings. The molecule has 0 radical (unpaired) electrons. The summed E-state index contributed by atoms with van der Waals surface area (Å²) < 4.78 is 0. The van der Waals surface area contributed by atoms with Crippen molar-refractivity contribution in [1.29, 1.82) is 0 Å². The maximum absolute atomic E-state index is 13.1. The summed E-state index contributed by atoms with van der Waals surface area (Å²) in [7, 11) is 0. The molecule has 30 heavy (non-hydrogen) atoms. The largest absolute Gasteiger partial charge is 0.350 e. The lowest BCUT2D eigenvalue weighted by Crippen LogP contribution is -2.16. The van der Waals surface area contributed by atoms with Crippen molar-refractivity contribution in [1.82, 2.24) is 4.98 Å². The maximum Gasteiger partial charge on any atom is 0.258 e. The minimum atomic E-state index is -0.570. The van der Waals surface area contributed by atoms with Gasteiger partial charge in [-0.3, -0.25) is 9.59 Å². The van der Waals surface area contributed by atoms with Crippen molar-refractivity contribution in [2.45, 2.75) is 0 Å². The van der Waals surface area contributed by atoms with Crippen LogP contribution in [0.2, 0.25) is 20.1 Å². The molecule has 1 aromatic heterocycles. The van der Waals surface area contributed by atoms with Crippen molar-refractivity contribution < 1.29 is 9.59 Å². The van der Waals surface area contributed by atoms with E-state index in [9.17, 15) is 9.59 Å². The molecule has 1 heterocycles. The Hall–Kier alpha value is -2.50. The molecular formula is C22H12Cl4N2O2. The van der Waals surface area contributed by atoms with Gasteiger partial charge in [-0.2, -0.15) is 0 Å². The Morgan fingerprint density at radius 1 is 0.800 bits per heavy atom. The van der Waals surface area contributed by atoms with E-state index >= 15 is 0 Å². The number of hydrogen-bond donors (Lipinski definition) is 2. The third-order valence-corrected chi connectivity index (χ3v) is 5.55. The number of anilines is 1. The SMILES string of the molecule is O=C(c1ccccc1)c1[nH]c2cc(Cl)ccc2c1NC(=O)c1c(Cl)cc(Cl)cc1Cl. The molecule has 0 unspecified atom stereocenters. The minimum absolute atomic E-state index is 0.0594. The Kier molecular flexibility index (Phi) is 5.76.